The first-order valence-corrected chi connectivity index (χ1v) is 13.8. The molecule has 1 atom stereocenters. The number of hydrogen-bond donors (Lipinski definition) is 1. The van der Waals surface area contributed by atoms with Crippen LogP contribution in [0.15, 0.2) is 89.8 Å². The van der Waals surface area contributed by atoms with Crippen LogP contribution in [0.2, 0.25) is 5.02 Å². The van der Waals surface area contributed by atoms with Crippen LogP contribution in [0.4, 0.5) is 5.69 Å². The third-order valence-corrected chi connectivity index (χ3v) is 7.57. The van der Waals surface area contributed by atoms with Gasteiger partial charge < -0.3 is 14.6 Å². The average Bonchev–Trinajstić information content (AvgIpc) is 3.38. The van der Waals surface area contributed by atoms with E-state index in [1.54, 1.807) is 0 Å². The molecule has 4 aromatic rings. The molecule has 1 aliphatic heterocycles. The number of fused-ring (bicyclic) bond motifs is 1. The summed E-state index contributed by atoms with van der Waals surface area (Å²) in [5.74, 6) is 0.419. The van der Waals surface area contributed by atoms with Crippen LogP contribution in [0, 0.1) is 5.92 Å². The zero-order valence-corrected chi connectivity index (χ0v) is 22.1. The van der Waals surface area contributed by atoms with Crippen LogP contribution < -0.4 is 9.47 Å². The van der Waals surface area contributed by atoms with E-state index < -0.39 is 10.1 Å². The van der Waals surface area contributed by atoms with Crippen LogP contribution in [-0.4, -0.2) is 37.8 Å². The first kappa shape index (κ1) is 26.8. The van der Waals surface area contributed by atoms with Gasteiger partial charge >= 0.3 is 0 Å². The Morgan fingerprint density at radius 3 is 2.35 bits per heavy atom. The first-order chi connectivity index (χ1) is 17.7. The highest BCUT2D eigenvalue weighted by atomic mass is 35.5. The molecular formula is C29H29ClN2O4S. The van der Waals surface area contributed by atoms with Gasteiger partial charge in [-0.15, -0.1) is 0 Å². The molecule has 2 heterocycles. The van der Waals surface area contributed by atoms with Crippen molar-refractivity contribution in [1.82, 2.24) is 0 Å². The highest BCUT2D eigenvalue weighted by Gasteiger charge is 2.21. The first-order valence-electron chi connectivity index (χ1n) is 12.0. The van der Waals surface area contributed by atoms with E-state index in [2.05, 4.69) is 89.3 Å². The minimum atomic E-state index is -4.33. The summed E-state index contributed by atoms with van der Waals surface area (Å²) in [7, 11) is -2.22. The lowest BCUT2D eigenvalue weighted by molar-refractivity contribution is -0.646. The number of anilines is 1. The smallest absolute Gasteiger partial charge is 0.212 e. The van der Waals surface area contributed by atoms with Crippen LogP contribution in [0.3, 0.4) is 0 Å². The molecule has 1 fully saturated rings. The summed E-state index contributed by atoms with van der Waals surface area (Å²) >= 11 is 5.46. The fourth-order valence-corrected chi connectivity index (χ4v) is 4.92. The van der Waals surface area contributed by atoms with Gasteiger partial charge in [-0.2, -0.15) is 4.57 Å². The van der Waals surface area contributed by atoms with Gasteiger partial charge in [0.15, 0.2) is 0 Å². The van der Waals surface area contributed by atoms with E-state index in [4.69, 9.17) is 11.6 Å². The number of benzene rings is 3. The van der Waals surface area contributed by atoms with Crippen molar-refractivity contribution < 1.29 is 22.6 Å². The molecule has 0 radical (unpaired) electrons. The minimum absolute atomic E-state index is 0.262. The molecule has 1 saturated heterocycles. The summed E-state index contributed by atoms with van der Waals surface area (Å²) in [6, 6.07) is 26.5. The second-order valence-electron chi connectivity index (χ2n) is 8.99. The minimum Gasteiger partial charge on any atom is -0.744 e. The van der Waals surface area contributed by atoms with Crippen molar-refractivity contribution in [3.8, 4) is 0 Å². The largest absolute Gasteiger partial charge is 0.744 e. The fourth-order valence-electron chi connectivity index (χ4n) is 4.32. The van der Waals surface area contributed by atoms with Gasteiger partial charge in [-0.25, -0.2) is 8.42 Å². The lowest BCUT2D eigenvalue weighted by Crippen LogP contribution is -2.32. The van der Waals surface area contributed by atoms with E-state index in [9.17, 15) is 18.1 Å². The summed E-state index contributed by atoms with van der Waals surface area (Å²) in [4.78, 5) is 2.10. The van der Waals surface area contributed by atoms with E-state index >= 15 is 0 Å². The van der Waals surface area contributed by atoms with E-state index in [0.29, 0.717) is 17.5 Å². The van der Waals surface area contributed by atoms with Gasteiger partial charge in [-0.1, -0.05) is 35.9 Å². The topological polar surface area (TPSA) is 84.5 Å². The molecule has 1 aliphatic rings. The van der Waals surface area contributed by atoms with Crippen molar-refractivity contribution >= 4 is 50.5 Å². The fraction of sp³-hybridized carbons (Fsp3) is 0.207. The van der Waals surface area contributed by atoms with Crippen LogP contribution in [0.25, 0.3) is 23.1 Å². The van der Waals surface area contributed by atoms with E-state index in [1.165, 1.54) is 52.1 Å². The Bertz CT molecular complexity index is 1490. The Labute approximate surface area is 222 Å². The maximum atomic E-state index is 10.3. The Morgan fingerprint density at radius 2 is 1.70 bits per heavy atom. The number of aliphatic hydroxyl groups excluding tert-OH is 1. The summed E-state index contributed by atoms with van der Waals surface area (Å²) in [5.41, 5.74) is 4.85. The standard InChI is InChI=1S/C23H25N2O.C6H5ClO3S/c1-24-21(13-9-20-4-2-3-5-23(20)24)10-6-18-7-11-22(12-8-18)25-15-14-19(16-25)17-26;7-5-1-3-6(4-2-5)11(8,9)10/h2-13,19,26H,14-17H2,1H3;1-4H,(H,8,9,10)/q+1;/p-1. The highest BCUT2D eigenvalue weighted by molar-refractivity contribution is 7.85. The molecule has 1 unspecified atom stereocenters. The van der Waals surface area contributed by atoms with Crippen LogP contribution in [0.5, 0.6) is 0 Å². The Kier molecular flexibility index (Phi) is 8.61. The van der Waals surface area contributed by atoms with Gasteiger partial charge in [0.25, 0.3) is 0 Å². The van der Waals surface area contributed by atoms with E-state index in [0.717, 1.165) is 19.5 Å². The number of aliphatic hydroxyl groups is 1. The number of halogens is 1. The highest BCUT2D eigenvalue weighted by Crippen LogP contribution is 2.24. The lowest BCUT2D eigenvalue weighted by Gasteiger charge is -2.18. The average molecular weight is 537 g/mol. The predicted octanol–water partition coefficient (Wildman–Crippen LogP) is 4.90. The van der Waals surface area contributed by atoms with Gasteiger partial charge in [-0.3, -0.25) is 0 Å². The summed E-state index contributed by atoms with van der Waals surface area (Å²) in [6.07, 6.45) is 5.41. The Morgan fingerprint density at radius 1 is 1.00 bits per heavy atom. The van der Waals surface area contributed by atoms with Crippen molar-refractivity contribution in [3.63, 3.8) is 0 Å². The number of nitrogens with zero attached hydrogens (tertiary/aromatic N) is 2. The van der Waals surface area contributed by atoms with Gasteiger partial charge in [-0.05, 0) is 66.6 Å². The second kappa shape index (κ2) is 11.9. The molecule has 6 nitrogen and oxygen atoms in total. The Balaban J connectivity index is 0.000000245. The van der Waals surface area contributed by atoms with Gasteiger partial charge in [0.05, 0.1) is 4.90 Å². The molecule has 5 rings (SSSR count). The number of aryl methyl sites for hydroxylation is 1. The number of pyridine rings is 1. The normalized spacial score (nSPS) is 15.7. The maximum absolute atomic E-state index is 10.3. The molecule has 0 bridgehead atoms. The van der Waals surface area contributed by atoms with Crippen molar-refractivity contribution in [2.24, 2.45) is 13.0 Å². The number of para-hydroxylation sites is 1. The maximum Gasteiger partial charge on any atom is 0.212 e. The van der Waals surface area contributed by atoms with E-state index in [1.807, 2.05) is 0 Å². The van der Waals surface area contributed by atoms with Gasteiger partial charge in [0.2, 0.25) is 11.2 Å². The molecule has 1 N–H and O–H groups in total. The molecule has 37 heavy (non-hydrogen) atoms. The third kappa shape index (κ3) is 6.96. The molecule has 8 heteroatoms. The van der Waals surface area contributed by atoms with Crippen molar-refractivity contribution in [2.45, 2.75) is 11.3 Å². The monoisotopic (exact) mass is 536 g/mol. The van der Waals surface area contributed by atoms with Crippen molar-refractivity contribution in [1.29, 1.82) is 0 Å². The third-order valence-electron chi connectivity index (χ3n) is 6.47. The second-order valence-corrected chi connectivity index (χ2v) is 10.8. The summed E-state index contributed by atoms with van der Waals surface area (Å²) in [6.45, 7) is 2.28. The molecule has 1 aromatic heterocycles. The SMILES string of the molecule is C[n+]1c(C=Cc2ccc(N3CCC(CO)C3)cc2)ccc2ccccc21.O=S(=O)([O-])c1ccc(Cl)cc1. The molecule has 0 aliphatic carbocycles. The molecule has 0 spiro atoms. The summed E-state index contributed by atoms with van der Waals surface area (Å²) < 4.78 is 33.3. The molecule has 0 amide bonds. The van der Waals surface area contributed by atoms with Gasteiger partial charge in [0, 0.05) is 59.9 Å². The zero-order valence-electron chi connectivity index (χ0n) is 20.5. The Hall–Kier alpha value is -3.23. The van der Waals surface area contributed by atoms with Crippen LogP contribution in [-0.2, 0) is 17.2 Å². The summed E-state index contributed by atoms with van der Waals surface area (Å²) in [5, 5.41) is 11.0. The molecule has 0 saturated carbocycles. The van der Waals surface area contributed by atoms with Crippen LogP contribution >= 0.6 is 11.6 Å². The van der Waals surface area contributed by atoms with Crippen molar-refractivity contribution in [3.05, 3.63) is 101 Å². The number of rotatable bonds is 5. The van der Waals surface area contributed by atoms with Gasteiger partial charge in [0.1, 0.15) is 17.2 Å². The van der Waals surface area contributed by atoms with Crippen LogP contribution in [0.1, 0.15) is 17.7 Å². The molecule has 192 valence electrons. The zero-order chi connectivity index (χ0) is 26.4. The van der Waals surface area contributed by atoms with E-state index in [-0.39, 0.29) is 4.90 Å². The predicted molar refractivity (Wildman–Crippen MR) is 147 cm³/mol. The van der Waals surface area contributed by atoms with Crippen molar-refractivity contribution in [2.75, 3.05) is 24.6 Å². The number of hydrogen-bond acceptors (Lipinski definition) is 5. The molecule has 3 aromatic carbocycles. The molecular weight excluding hydrogens is 508 g/mol. The quantitative estimate of drug-likeness (QED) is 0.290. The number of aromatic nitrogens is 1. The lowest BCUT2D eigenvalue weighted by atomic mass is 10.1.